The third kappa shape index (κ3) is 7.06. The third-order valence-electron chi connectivity index (χ3n) is 3.08. The van der Waals surface area contributed by atoms with E-state index in [1.54, 1.807) is 30.0 Å². The molecule has 0 heterocycles. The van der Waals surface area contributed by atoms with Crippen molar-refractivity contribution in [2.75, 3.05) is 5.75 Å². The molecule has 24 heavy (non-hydrogen) atoms. The van der Waals surface area contributed by atoms with Crippen LogP contribution in [0.3, 0.4) is 0 Å². The molecule has 0 saturated carbocycles. The molecule has 0 aliphatic heterocycles. The maximum absolute atomic E-state index is 12.1. The van der Waals surface area contributed by atoms with Gasteiger partial charge in [-0.3, -0.25) is 25.3 Å². The molecule has 0 saturated heterocycles. The van der Waals surface area contributed by atoms with Crippen molar-refractivity contribution < 1.29 is 14.4 Å². The zero-order valence-corrected chi connectivity index (χ0v) is 15.2. The minimum Gasteiger partial charge on any atom is -0.325 e. The van der Waals surface area contributed by atoms with Gasteiger partial charge in [-0.2, -0.15) is 11.8 Å². The largest absolute Gasteiger partial charge is 0.325 e. The van der Waals surface area contributed by atoms with E-state index >= 15 is 0 Å². The summed E-state index contributed by atoms with van der Waals surface area (Å²) >= 11 is 7.54. The predicted octanol–water partition coefficient (Wildman–Crippen LogP) is 1.22. The first-order valence-corrected chi connectivity index (χ1v) is 8.86. The Kier molecular flexibility index (Phi) is 9.09. The minimum absolute atomic E-state index is 0.311. The van der Waals surface area contributed by atoms with E-state index in [2.05, 4.69) is 29.5 Å². The lowest BCUT2D eigenvalue weighted by atomic mass is 10.1. The van der Waals surface area contributed by atoms with Crippen LogP contribution in [0.5, 0.6) is 0 Å². The number of thioether (sulfide) groups is 1. The van der Waals surface area contributed by atoms with Crippen LogP contribution in [-0.4, -0.2) is 35.0 Å². The van der Waals surface area contributed by atoms with Gasteiger partial charge in [0.15, 0.2) is 6.10 Å². The highest BCUT2D eigenvalue weighted by atomic mass is 35.5. The standard InChI is InChI=1S/C15H23ClN4O3S/c1-9(2)24-7-6-12(17)13(23-18)15(22)20-19-14(21)10-4-3-5-11(16)8-10/h3-5,8-9,12-13H,6-7,17-18H2,1-2H3,(H,19,21)(H,20,22). The summed E-state index contributed by atoms with van der Waals surface area (Å²) in [5, 5.41) is 0.891. The molecule has 1 aromatic carbocycles. The van der Waals surface area contributed by atoms with Gasteiger partial charge in [-0.15, -0.1) is 0 Å². The van der Waals surface area contributed by atoms with E-state index in [1.165, 1.54) is 6.07 Å². The van der Waals surface area contributed by atoms with Gasteiger partial charge in [0.1, 0.15) is 0 Å². The zero-order valence-electron chi connectivity index (χ0n) is 13.6. The van der Waals surface area contributed by atoms with Crippen LogP contribution in [0, 0.1) is 0 Å². The molecule has 0 aliphatic carbocycles. The summed E-state index contributed by atoms with van der Waals surface area (Å²) in [4.78, 5) is 28.7. The van der Waals surface area contributed by atoms with Crippen molar-refractivity contribution >= 4 is 35.2 Å². The number of halogens is 1. The average molecular weight is 375 g/mol. The molecular weight excluding hydrogens is 352 g/mol. The van der Waals surface area contributed by atoms with Gasteiger partial charge < -0.3 is 5.73 Å². The van der Waals surface area contributed by atoms with Crippen LogP contribution >= 0.6 is 23.4 Å². The lowest BCUT2D eigenvalue weighted by Crippen LogP contribution is -2.54. The molecule has 1 aromatic rings. The molecule has 134 valence electrons. The van der Waals surface area contributed by atoms with Gasteiger partial charge in [0.05, 0.1) is 0 Å². The molecule has 0 fully saturated rings. The van der Waals surface area contributed by atoms with Crippen LogP contribution in [0.1, 0.15) is 30.6 Å². The van der Waals surface area contributed by atoms with Crippen LogP contribution in [0.25, 0.3) is 0 Å². The molecule has 9 heteroatoms. The summed E-state index contributed by atoms with van der Waals surface area (Å²) in [6, 6.07) is 5.74. The van der Waals surface area contributed by atoms with Crippen LogP contribution in [0.2, 0.25) is 5.02 Å². The Morgan fingerprint density at radius 2 is 2.04 bits per heavy atom. The van der Waals surface area contributed by atoms with Gasteiger partial charge in [-0.1, -0.05) is 31.5 Å². The van der Waals surface area contributed by atoms with Gasteiger partial charge >= 0.3 is 0 Å². The molecule has 1 rings (SSSR count). The van der Waals surface area contributed by atoms with Crippen LogP contribution < -0.4 is 22.5 Å². The summed E-state index contributed by atoms with van der Waals surface area (Å²) in [6.45, 7) is 4.15. The van der Waals surface area contributed by atoms with Crippen molar-refractivity contribution in [1.82, 2.24) is 10.9 Å². The Bertz CT molecular complexity index is 559. The minimum atomic E-state index is -1.06. The molecule has 6 N–H and O–H groups in total. The Morgan fingerprint density at radius 3 is 2.62 bits per heavy atom. The molecule has 2 atom stereocenters. The summed E-state index contributed by atoms with van der Waals surface area (Å²) < 4.78 is 0. The SMILES string of the molecule is CC(C)SCCC(N)C(ON)C(=O)NNC(=O)c1cccc(Cl)c1. The fourth-order valence-corrected chi connectivity index (χ4v) is 2.91. The Labute approximate surface area is 150 Å². The quantitative estimate of drug-likeness (QED) is 0.508. The summed E-state index contributed by atoms with van der Waals surface area (Å²) in [5.74, 6) is 4.82. The highest BCUT2D eigenvalue weighted by Gasteiger charge is 2.26. The number of hydrazine groups is 1. The van der Waals surface area contributed by atoms with Crippen LogP contribution in [-0.2, 0) is 9.63 Å². The smallest absolute Gasteiger partial charge is 0.271 e. The summed E-state index contributed by atoms with van der Waals surface area (Å²) in [6.07, 6.45) is -0.502. The van der Waals surface area contributed by atoms with Gasteiger partial charge in [-0.25, -0.2) is 5.90 Å². The van der Waals surface area contributed by atoms with Crippen LogP contribution in [0.15, 0.2) is 24.3 Å². The van der Waals surface area contributed by atoms with E-state index in [0.717, 1.165) is 5.75 Å². The summed E-state index contributed by atoms with van der Waals surface area (Å²) in [5.41, 5.74) is 10.8. The van der Waals surface area contributed by atoms with Gasteiger partial charge in [-0.05, 0) is 35.6 Å². The zero-order chi connectivity index (χ0) is 18.1. The Hall–Kier alpha value is -1.32. The highest BCUT2D eigenvalue weighted by molar-refractivity contribution is 7.99. The fourth-order valence-electron chi connectivity index (χ4n) is 1.84. The van der Waals surface area contributed by atoms with E-state index in [-0.39, 0.29) is 0 Å². The first kappa shape index (κ1) is 20.7. The number of benzene rings is 1. The number of carbonyl (C=O) groups is 2. The molecule has 0 bridgehead atoms. The molecule has 2 unspecified atom stereocenters. The van der Waals surface area contributed by atoms with Crippen molar-refractivity contribution in [3.05, 3.63) is 34.9 Å². The normalized spacial score (nSPS) is 13.4. The molecular formula is C15H23ClN4O3S. The van der Waals surface area contributed by atoms with E-state index in [0.29, 0.717) is 22.3 Å². The fraction of sp³-hybridized carbons (Fsp3) is 0.467. The van der Waals surface area contributed by atoms with Crippen molar-refractivity contribution in [2.24, 2.45) is 11.6 Å². The topological polar surface area (TPSA) is 119 Å². The molecule has 0 radical (unpaired) electrons. The number of carbonyl (C=O) groups excluding carboxylic acids is 2. The maximum Gasteiger partial charge on any atom is 0.271 e. The molecule has 0 spiro atoms. The van der Waals surface area contributed by atoms with Crippen molar-refractivity contribution in [2.45, 2.75) is 37.7 Å². The molecule has 7 nitrogen and oxygen atoms in total. The third-order valence-corrected chi connectivity index (χ3v) is 4.46. The monoisotopic (exact) mass is 374 g/mol. The number of nitrogens with two attached hydrogens (primary N) is 2. The summed E-state index contributed by atoms with van der Waals surface area (Å²) in [7, 11) is 0. The van der Waals surface area contributed by atoms with Gasteiger partial charge in [0.25, 0.3) is 11.8 Å². The van der Waals surface area contributed by atoms with Crippen molar-refractivity contribution in [1.29, 1.82) is 0 Å². The van der Waals surface area contributed by atoms with Crippen molar-refractivity contribution in [3.8, 4) is 0 Å². The second kappa shape index (κ2) is 10.5. The van der Waals surface area contributed by atoms with E-state index in [9.17, 15) is 9.59 Å². The first-order chi connectivity index (χ1) is 11.3. The number of hydrogen-bond acceptors (Lipinski definition) is 6. The molecule has 0 aromatic heterocycles. The number of rotatable bonds is 8. The second-order valence-corrected chi connectivity index (χ2v) is 7.50. The Morgan fingerprint density at radius 1 is 1.33 bits per heavy atom. The molecule has 2 amide bonds. The lowest BCUT2D eigenvalue weighted by molar-refractivity contribution is -0.135. The van der Waals surface area contributed by atoms with E-state index in [4.69, 9.17) is 23.2 Å². The predicted molar refractivity (Wildman–Crippen MR) is 96.3 cm³/mol. The molecule has 0 aliphatic rings. The average Bonchev–Trinajstić information content (AvgIpc) is 2.52. The van der Waals surface area contributed by atoms with Gasteiger partial charge in [0.2, 0.25) is 0 Å². The van der Waals surface area contributed by atoms with Crippen molar-refractivity contribution in [3.63, 3.8) is 0 Å². The highest BCUT2D eigenvalue weighted by Crippen LogP contribution is 2.13. The number of nitrogens with one attached hydrogen (secondary N) is 2. The number of hydrogen-bond donors (Lipinski definition) is 4. The van der Waals surface area contributed by atoms with E-state index in [1.807, 2.05) is 0 Å². The van der Waals surface area contributed by atoms with Gasteiger partial charge in [0, 0.05) is 16.6 Å². The Balaban J connectivity index is 2.50. The first-order valence-electron chi connectivity index (χ1n) is 7.43. The maximum atomic E-state index is 12.1. The second-order valence-electron chi connectivity index (χ2n) is 5.38. The van der Waals surface area contributed by atoms with E-state index < -0.39 is 24.0 Å². The lowest BCUT2D eigenvalue weighted by Gasteiger charge is -2.21. The van der Waals surface area contributed by atoms with Crippen LogP contribution in [0.4, 0.5) is 0 Å². The number of amides is 2.